The molecular formula is C26H29N3O3. The third-order valence-corrected chi connectivity index (χ3v) is 6.05. The van der Waals surface area contributed by atoms with Gasteiger partial charge in [-0.05, 0) is 66.8 Å². The molecule has 2 heterocycles. The minimum Gasteiger partial charge on any atom is -0.459 e. The first-order valence-corrected chi connectivity index (χ1v) is 11.3. The molecule has 2 amide bonds. The molecule has 0 unspecified atom stereocenters. The zero-order valence-corrected chi connectivity index (χ0v) is 18.4. The van der Waals surface area contributed by atoms with Crippen molar-refractivity contribution in [3.63, 3.8) is 0 Å². The van der Waals surface area contributed by atoms with Crippen molar-refractivity contribution in [1.82, 2.24) is 10.3 Å². The van der Waals surface area contributed by atoms with Gasteiger partial charge in [-0.2, -0.15) is 0 Å². The van der Waals surface area contributed by atoms with E-state index in [4.69, 9.17) is 4.42 Å². The Labute approximate surface area is 188 Å². The van der Waals surface area contributed by atoms with Crippen molar-refractivity contribution >= 4 is 17.5 Å². The third kappa shape index (κ3) is 4.90. The fourth-order valence-corrected chi connectivity index (χ4v) is 4.29. The van der Waals surface area contributed by atoms with Gasteiger partial charge in [0.15, 0.2) is 5.76 Å². The summed E-state index contributed by atoms with van der Waals surface area (Å²) in [6, 6.07) is 13.9. The van der Waals surface area contributed by atoms with Crippen LogP contribution in [0.4, 0.5) is 5.69 Å². The summed E-state index contributed by atoms with van der Waals surface area (Å²) in [5.41, 5.74) is 2.50. The van der Waals surface area contributed by atoms with Crippen LogP contribution in [0.25, 0.3) is 0 Å². The minimum absolute atomic E-state index is 0.128. The average molecular weight is 432 g/mol. The second-order valence-corrected chi connectivity index (χ2v) is 8.20. The molecule has 0 radical (unpaired) electrons. The molecule has 0 saturated heterocycles. The fourth-order valence-electron chi connectivity index (χ4n) is 4.29. The molecule has 6 nitrogen and oxygen atoms in total. The van der Waals surface area contributed by atoms with Crippen LogP contribution in [0.3, 0.4) is 0 Å². The maximum absolute atomic E-state index is 13.7. The first-order valence-electron chi connectivity index (χ1n) is 11.3. The Hall–Kier alpha value is -3.41. The third-order valence-electron chi connectivity index (χ3n) is 6.05. The van der Waals surface area contributed by atoms with Gasteiger partial charge in [-0.1, -0.05) is 38.3 Å². The zero-order valence-electron chi connectivity index (χ0n) is 18.4. The number of carbonyl (C=O) groups excluding carboxylic acids is 2. The number of pyridine rings is 1. The Kier molecular flexibility index (Phi) is 7.00. The van der Waals surface area contributed by atoms with Crippen LogP contribution in [0.5, 0.6) is 0 Å². The summed E-state index contributed by atoms with van der Waals surface area (Å²) >= 11 is 0. The summed E-state index contributed by atoms with van der Waals surface area (Å²) in [6.07, 6.45) is 11.0. The monoisotopic (exact) mass is 431 g/mol. The number of nitrogens with zero attached hydrogens (tertiary/aromatic N) is 2. The largest absolute Gasteiger partial charge is 0.459 e. The molecule has 1 aliphatic carbocycles. The number of amides is 2. The van der Waals surface area contributed by atoms with Crippen LogP contribution in [0.1, 0.15) is 66.8 Å². The lowest BCUT2D eigenvalue weighted by Crippen LogP contribution is -2.47. The van der Waals surface area contributed by atoms with Gasteiger partial charge in [0, 0.05) is 24.1 Å². The molecule has 1 saturated carbocycles. The van der Waals surface area contributed by atoms with Gasteiger partial charge in [0.05, 0.1) is 6.26 Å². The maximum atomic E-state index is 13.7. The highest BCUT2D eigenvalue weighted by molar-refractivity contribution is 6.08. The predicted molar refractivity (Wildman–Crippen MR) is 123 cm³/mol. The normalized spacial score (nSPS) is 15.2. The number of hydrogen-bond acceptors (Lipinski definition) is 4. The number of benzene rings is 1. The van der Waals surface area contributed by atoms with Crippen molar-refractivity contribution in [2.24, 2.45) is 0 Å². The first kappa shape index (κ1) is 21.8. The number of carbonyl (C=O) groups is 2. The van der Waals surface area contributed by atoms with Crippen molar-refractivity contribution in [3.8, 4) is 0 Å². The maximum Gasteiger partial charge on any atom is 0.294 e. The molecule has 1 atom stereocenters. The number of anilines is 1. The van der Waals surface area contributed by atoms with Crippen molar-refractivity contribution in [2.45, 2.75) is 57.5 Å². The summed E-state index contributed by atoms with van der Waals surface area (Å²) in [4.78, 5) is 32.9. The van der Waals surface area contributed by atoms with E-state index < -0.39 is 6.04 Å². The molecule has 6 heteroatoms. The predicted octanol–water partition coefficient (Wildman–Crippen LogP) is 5.07. The summed E-state index contributed by atoms with van der Waals surface area (Å²) < 4.78 is 5.42. The lowest BCUT2D eigenvalue weighted by molar-refractivity contribution is -0.123. The Bertz CT molecular complexity index is 1010. The van der Waals surface area contributed by atoms with Crippen LogP contribution in [0, 0.1) is 0 Å². The average Bonchev–Trinajstić information content (AvgIpc) is 3.38. The number of hydrogen-bond donors (Lipinski definition) is 1. The van der Waals surface area contributed by atoms with Gasteiger partial charge in [0.2, 0.25) is 5.91 Å². The summed E-state index contributed by atoms with van der Waals surface area (Å²) in [7, 11) is 0. The molecule has 0 bridgehead atoms. The minimum atomic E-state index is -0.843. The molecular weight excluding hydrogens is 402 g/mol. The molecule has 1 aromatic carbocycles. The molecule has 166 valence electrons. The van der Waals surface area contributed by atoms with Gasteiger partial charge in [-0.25, -0.2) is 0 Å². The summed E-state index contributed by atoms with van der Waals surface area (Å²) in [5, 5.41) is 3.21. The summed E-state index contributed by atoms with van der Waals surface area (Å²) in [5.74, 6) is -0.364. The van der Waals surface area contributed by atoms with E-state index in [9.17, 15) is 9.59 Å². The molecule has 32 heavy (non-hydrogen) atoms. The Morgan fingerprint density at radius 3 is 2.41 bits per heavy atom. The van der Waals surface area contributed by atoms with E-state index in [0.29, 0.717) is 11.3 Å². The molecule has 4 rings (SSSR count). The Morgan fingerprint density at radius 1 is 1.06 bits per heavy atom. The number of aryl methyl sites for hydroxylation is 1. The van der Waals surface area contributed by atoms with Crippen LogP contribution >= 0.6 is 0 Å². The van der Waals surface area contributed by atoms with Crippen LogP contribution < -0.4 is 10.2 Å². The van der Waals surface area contributed by atoms with Crippen LogP contribution in [0.15, 0.2) is 71.6 Å². The van der Waals surface area contributed by atoms with Crippen LogP contribution in [-0.4, -0.2) is 22.8 Å². The smallest absolute Gasteiger partial charge is 0.294 e. The van der Waals surface area contributed by atoms with E-state index in [-0.39, 0.29) is 23.6 Å². The van der Waals surface area contributed by atoms with Crippen LogP contribution in [-0.2, 0) is 11.2 Å². The number of aromatic nitrogens is 1. The van der Waals surface area contributed by atoms with Gasteiger partial charge >= 0.3 is 0 Å². The highest BCUT2D eigenvalue weighted by Crippen LogP contribution is 2.31. The standard InChI is InChI=1S/C26H29N3O3/c1-2-19-10-12-22(13-11-19)29(26(31)23-9-6-18-32-23)24(20-14-16-27-17-15-20)25(30)28-21-7-4-3-5-8-21/h6,9-18,21,24H,2-5,7-8H2,1H3,(H,28,30)/t24-/m1/s1. The molecule has 0 spiro atoms. The van der Waals surface area contributed by atoms with Gasteiger partial charge in [0.1, 0.15) is 6.04 Å². The highest BCUT2D eigenvalue weighted by Gasteiger charge is 2.35. The highest BCUT2D eigenvalue weighted by atomic mass is 16.3. The van der Waals surface area contributed by atoms with Crippen LogP contribution in [0.2, 0.25) is 0 Å². The molecule has 2 aromatic heterocycles. The van der Waals surface area contributed by atoms with E-state index in [1.807, 2.05) is 24.3 Å². The van der Waals surface area contributed by atoms with E-state index in [0.717, 1.165) is 37.7 Å². The van der Waals surface area contributed by atoms with Gasteiger partial charge < -0.3 is 9.73 Å². The quantitative estimate of drug-likeness (QED) is 0.566. The number of furan rings is 1. The topological polar surface area (TPSA) is 75.4 Å². The lowest BCUT2D eigenvalue weighted by atomic mass is 9.94. The first-order chi connectivity index (χ1) is 15.7. The zero-order chi connectivity index (χ0) is 22.3. The summed E-state index contributed by atoms with van der Waals surface area (Å²) in [6.45, 7) is 2.08. The molecule has 1 fully saturated rings. The van der Waals surface area contributed by atoms with Crippen molar-refractivity contribution in [1.29, 1.82) is 0 Å². The molecule has 3 aromatic rings. The van der Waals surface area contributed by atoms with Crippen molar-refractivity contribution in [2.75, 3.05) is 4.90 Å². The van der Waals surface area contributed by atoms with E-state index in [2.05, 4.69) is 17.2 Å². The van der Waals surface area contributed by atoms with Gasteiger partial charge in [0.25, 0.3) is 5.91 Å². The van der Waals surface area contributed by atoms with E-state index in [1.165, 1.54) is 17.6 Å². The van der Waals surface area contributed by atoms with Gasteiger partial charge in [-0.3, -0.25) is 19.5 Å². The Morgan fingerprint density at radius 2 is 1.78 bits per heavy atom. The molecule has 0 aliphatic heterocycles. The molecule has 1 aliphatic rings. The van der Waals surface area contributed by atoms with Gasteiger partial charge in [-0.15, -0.1) is 0 Å². The fraction of sp³-hybridized carbons (Fsp3) is 0.346. The van der Waals surface area contributed by atoms with E-state index in [1.54, 1.807) is 36.7 Å². The lowest BCUT2D eigenvalue weighted by Gasteiger charge is -2.33. The second kappa shape index (κ2) is 10.3. The van der Waals surface area contributed by atoms with Crippen molar-refractivity contribution in [3.05, 3.63) is 84.1 Å². The SMILES string of the molecule is CCc1ccc(N(C(=O)c2ccco2)[C@@H](C(=O)NC2CCCCC2)c2ccncc2)cc1. The Balaban J connectivity index is 1.76. The van der Waals surface area contributed by atoms with Crippen molar-refractivity contribution < 1.29 is 14.0 Å². The second-order valence-electron chi connectivity index (χ2n) is 8.20. The molecule has 1 N–H and O–H groups in total. The number of rotatable bonds is 7. The van der Waals surface area contributed by atoms with E-state index >= 15 is 0 Å². The number of nitrogens with one attached hydrogen (secondary N) is 1.